The van der Waals surface area contributed by atoms with Crippen molar-refractivity contribution in [2.24, 2.45) is 5.73 Å². The van der Waals surface area contributed by atoms with Crippen LogP contribution in [0.2, 0.25) is 0 Å². The van der Waals surface area contributed by atoms with Gasteiger partial charge in [-0.3, -0.25) is 0 Å². The summed E-state index contributed by atoms with van der Waals surface area (Å²) in [7, 11) is 0. The molecule has 0 amide bonds. The number of para-hydroxylation sites is 1. The summed E-state index contributed by atoms with van der Waals surface area (Å²) < 4.78 is 5.59. The van der Waals surface area contributed by atoms with Gasteiger partial charge in [0.1, 0.15) is 11.3 Å². The molecule has 0 saturated carbocycles. The molecule has 0 heterocycles. The molecular weight excluding hydrogens is 236 g/mol. The number of nitrogens with zero attached hydrogens (tertiary/aromatic N) is 1. The van der Waals surface area contributed by atoms with E-state index in [4.69, 9.17) is 10.5 Å². The molecule has 0 aliphatic heterocycles. The third-order valence-electron chi connectivity index (χ3n) is 3.00. The van der Waals surface area contributed by atoms with E-state index in [1.165, 1.54) is 0 Å². The lowest BCUT2D eigenvalue weighted by Gasteiger charge is -2.22. The lowest BCUT2D eigenvalue weighted by Crippen LogP contribution is -2.36. The Balaban J connectivity index is 1.99. The third kappa shape index (κ3) is 3.34. The Morgan fingerprint density at radius 3 is 2.16 bits per heavy atom. The van der Waals surface area contributed by atoms with E-state index >= 15 is 0 Å². The molecule has 0 aliphatic carbocycles. The number of nitrogens with two attached hydrogens (primary N) is 1. The van der Waals surface area contributed by atoms with Gasteiger partial charge in [0.15, 0.2) is 0 Å². The normalized spacial score (nSPS) is 13.3. The summed E-state index contributed by atoms with van der Waals surface area (Å²) in [5.41, 5.74) is 5.95. The van der Waals surface area contributed by atoms with Crippen LogP contribution in [-0.4, -0.2) is 6.61 Å². The second kappa shape index (κ2) is 6.03. The van der Waals surface area contributed by atoms with E-state index < -0.39 is 5.54 Å². The summed E-state index contributed by atoms with van der Waals surface area (Å²) in [6.45, 7) is 0.406. The number of benzene rings is 2. The summed E-state index contributed by atoms with van der Waals surface area (Å²) in [5, 5.41) is 9.31. The van der Waals surface area contributed by atoms with Gasteiger partial charge < -0.3 is 10.5 Å². The minimum absolute atomic E-state index is 0.406. The molecule has 0 aliphatic rings. The summed E-state index contributed by atoms with van der Waals surface area (Å²) in [4.78, 5) is 0. The molecule has 96 valence electrons. The molecule has 0 aromatic heterocycles. The van der Waals surface area contributed by atoms with Crippen LogP contribution in [0, 0.1) is 11.3 Å². The van der Waals surface area contributed by atoms with Crippen molar-refractivity contribution < 1.29 is 4.74 Å². The van der Waals surface area contributed by atoms with Gasteiger partial charge in [-0.2, -0.15) is 5.26 Å². The van der Waals surface area contributed by atoms with Crippen LogP contribution in [0.25, 0.3) is 0 Å². The Hall–Kier alpha value is -2.31. The summed E-state index contributed by atoms with van der Waals surface area (Å²) in [5.74, 6) is 0.788. The molecule has 2 N–H and O–H groups in total. The Bertz CT molecular complexity index is 548. The van der Waals surface area contributed by atoms with Gasteiger partial charge in [0, 0.05) is 6.42 Å². The Morgan fingerprint density at radius 2 is 1.58 bits per heavy atom. The number of rotatable bonds is 5. The van der Waals surface area contributed by atoms with Crippen molar-refractivity contribution in [1.29, 1.82) is 5.26 Å². The summed E-state index contributed by atoms with van der Waals surface area (Å²) >= 11 is 0. The minimum Gasteiger partial charge on any atom is -0.493 e. The molecule has 3 nitrogen and oxygen atoms in total. The van der Waals surface area contributed by atoms with E-state index in [2.05, 4.69) is 6.07 Å². The van der Waals surface area contributed by atoms with Crippen LogP contribution in [0.5, 0.6) is 5.75 Å². The SMILES string of the molecule is N#CC(N)(CCOc1ccccc1)c1ccccc1. The first-order valence-electron chi connectivity index (χ1n) is 6.18. The maximum absolute atomic E-state index is 9.31. The zero-order valence-electron chi connectivity index (χ0n) is 10.6. The molecule has 1 unspecified atom stereocenters. The number of ether oxygens (including phenoxy) is 1. The first-order valence-corrected chi connectivity index (χ1v) is 6.18. The van der Waals surface area contributed by atoms with Gasteiger partial charge in [0.05, 0.1) is 12.7 Å². The van der Waals surface area contributed by atoms with Crippen LogP contribution in [-0.2, 0) is 5.54 Å². The predicted molar refractivity (Wildman–Crippen MR) is 74.5 cm³/mol. The fraction of sp³-hybridized carbons (Fsp3) is 0.188. The maximum atomic E-state index is 9.31. The molecule has 0 spiro atoms. The van der Waals surface area contributed by atoms with Crippen molar-refractivity contribution in [3.8, 4) is 11.8 Å². The van der Waals surface area contributed by atoms with E-state index in [-0.39, 0.29) is 0 Å². The van der Waals surface area contributed by atoms with Crippen molar-refractivity contribution in [3.63, 3.8) is 0 Å². The van der Waals surface area contributed by atoms with Crippen molar-refractivity contribution >= 4 is 0 Å². The highest BCUT2D eigenvalue weighted by Crippen LogP contribution is 2.21. The molecule has 2 rings (SSSR count). The molecule has 0 fully saturated rings. The first kappa shape index (κ1) is 13.1. The van der Waals surface area contributed by atoms with E-state index in [0.717, 1.165) is 11.3 Å². The fourth-order valence-corrected chi connectivity index (χ4v) is 1.85. The monoisotopic (exact) mass is 252 g/mol. The van der Waals surface area contributed by atoms with Crippen LogP contribution >= 0.6 is 0 Å². The zero-order chi connectivity index (χ0) is 13.6. The molecule has 2 aromatic rings. The molecule has 0 bridgehead atoms. The standard InChI is InChI=1S/C16H16N2O/c17-13-16(18,14-7-3-1-4-8-14)11-12-19-15-9-5-2-6-10-15/h1-10H,11-12,18H2. The molecule has 3 heteroatoms. The van der Waals surface area contributed by atoms with Crippen LogP contribution in [0.1, 0.15) is 12.0 Å². The molecule has 1 atom stereocenters. The van der Waals surface area contributed by atoms with Gasteiger partial charge in [0.25, 0.3) is 0 Å². The van der Waals surface area contributed by atoms with E-state index in [1.54, 1.807) is 0 Å². The summed E-state index contributed by atoms with van der Waals surface area (Å²) in [6.07, 6.45) is 0.447. The second-order valence-corrected chi connectivity index (χ2v) is 4.36. The second-order valence-electron chi connectivity index (χ2n) is 4.36. The quantitative estimate of drug-likeness (QED) is 0.890. The topological polar surface area (TPSA) is 59.0 Å². The molecule has 0 saturated heterocycles. The average molecular weight is 252 g/mol. The third-order valence-corrected chi connectivity index (χ3v) is 3.00. The van der Waals surface area contributed by atoms with Crippen molar-refractivity contribution in [1.82, 2.24) is 0 Å². The highest BCUT2D eigenvalue weighted by molar-refractivity contribution is 5.30. The number of hydrogen-bond donors (Lipinski definition) is 1. The van der Waals surface area contributed by atoms with Crippen LogP contribution in [0.4, 0.5) is 0 Å². The first-order chi connectivity index (χ1) is 9.24. The Labute approximate surface area is 113 Å². The highest BCUT2D eigenvalue weighted by atomic mass is 16.5. The highest BCUT2D eigenvalue weighted by Gasteiger charge is 2.26. The van der Waals surface area contributed by atoms with Crippen molar-refractivity contribution in [2.45, 2.75) is 12.0 Å². The van der Waals surface area contributed by atoms with Crippen LogP contribution in [0.15, 0.2) is 60.7 Å². The lowest BCUT2D eigenvalue weighted by atomic mass is 9.89. The fourth-order valence-electron chi connectivity index (χ4n) is 1.85. The molecular formula is C16H16N2O. The number of nitriles is 1. The van der Waals surface area contributed by atoms with Gasteiger partial charge in [-0.1, -0.05) is 48.5 Å². The van der Waals surface area contributed by atoms with Gasteiger partial charge in [-0.25, -0.2) is 0 Å². The lowest BCUT2D eigenvalue weighted by molar-refractivity contribution is 0.281. The maximum Gasteiger partial charge on any atom is 0.133 e. The smallest absolute Gasteiger partial charge is 0.133 e. The zero-order valence-corrected chi connectivity index (χ0v) is 10.6. The number of hydrogen-bond acceptors (Lipinski definition) is 3. The molecule has 2 aromatic carbocycles. The van der Waals surface area contributed by atoms with E-state index in [1.807, 2.05) is 60.7 Å². The predicted octanol–water partition coefficient (Wildman–Crippen LogP) is 2.83. The Morgan fingerprint density at radius 1 is 1.00 bits per heavy atom. The van der Waals surface area contributed by atoms with Crippen LogP contribution in [0.3, 0.4) is 0 Å². The van der Waals surface area contributed by atoms with E-state index in [9.17, 15) is 5.26 Å². The largest absolute Gasteiger partial charge is 0.493 e. The van der Waals surface area contributed by atoms with Crippen molar-refractivity contribution in [2.75, 3.05) is 6.61 Å². The summed E-state index contributed by atoms with van der Waals surface area (Å²) in [6, 6.07) is 21.1. The van der Waals surface area contributed by atoms with Gasteiger partial charge in [0.2, 0.25) is 0 Å². The van der Waals surface area contributed by atoms with Gasteiger partial charge in [-0.05, 0) is 17.7 Å². The van der Waals surface area contributed by atoms with Gasteiger partial charge in [-0.15, -0.1) is 0 Å². The van der Waals surface area contributed by atoms with Crippen LogP contribution < -0.4 is 10.5 Å². The molecule has 19 heavy (non-hydrogen) atoms. The van der Waals surface area contributed by atoms with Crippen molar-refractivity contribution in [3.05, 3.63) is 66.2 Å². The minimum atomic E-state index is -1.00. The van der Waals surface area contributed by atoms with E-state index in [0.29, 0.717) is 13.0 Å². The van der Waals surface area contributed by atoms with Gasteiger partial charge >= 0.3 is 0 Å². The molecule has 0 radical (unpaired) electrons. The Kier molecular flexibility index (Phi) is 4.17. The average Bonchev–Trinajstić information content (AvgIpc) is 2.49.